The number of hydrogen-bond donors (Lipinski definition) is 2. The van der Waals surface area contributed by atoms with Gasteiger partial charge in [0.1, 0.15) is 5.82 Å². The summed E-state index contributed by atoms with van der Waals surface area (Å²) in [6.45, 7) is 4.93. The molecule has 1 amide bonds. The molecular formula is C18H23FN2O3. The van der Waals surface area contributed by atoms with Crippen LogP contribution in [0.25, 0.3) is 0 Å². The maximum absolute atomic E-state index is 12.9. The molecule has 5 nitrogen and oxygen atoms in total. The number of rotatable bonds is 4. The number of anilines is 1. The van der Waals surface area contributed by atoms with Gasteiger partial charge in [-0.15, -0.1) is 0 Å². The second-order valence-corrected chi connectivity index (χ2v) is 7.37. The van der Waals surface area contributed by atoms with Gasteiger partial charge in [0, 0.05) is 24.8 Å². The van der Waals surface area contributed by atoms with Gasteiger partial charge in [0.2, 0.25) is 5.91 Å². The second kappa shape index (κ2) is 6.07. The van der Waals surface area contributed by atoms with E-state index in [4.69, 9.17) is 0 Å². The normalized spacial score (nSPS) is 26.0. The first-order valence-corrected chi connectivity index (χ1v) is 8.34. The van der Waals surface area contributed by atoms with Crippen LogP contribution in [0.1, 0.15) is 26.7 Å². The molecule has 0 spiro atoms. The Labute approximate surface area is 140 Å². The molecule has 1 aromatic rings. The highest BCUT2D eigenvalue weighted by Crippen LogP contribution is 2.59. The fourth-order valence-electron chi connectivity index (χ4n) is 3.78. The predicted molar refractivity (Wildman–Crippen MR) is 88.0 cm³/mol. The average Bonchev–Trinajstić information content (AvgIpc) is 3.12. The number of aliphatic carboxylic acids is 1. The van der Waals surface area contributed by atoms with E-state index in [0.717, 1.165) is 18.5 Å². The summed E-state index contributed by atoms with van der Waals surface area (Å²) in [6.07, 6.45) is 1.60. The molecule has 1 saturated heterocycles. The number of nitrogens with zero attached hydrogens (tertiary/aromatic N) is 1. The van der Waals surface area contributed by atoms with Crippen molar-refractivity contribution in [2.45, 2.75) is 32.7 Å². The van der Waals surface area contributed by atoms with Crippen molar-refractivity contribution in [2.24, 2.45) is 17.3 Å². The van der Waals surface area contributed by atoms with Crippen molar-refractivity contribution in [3.63, 3.8) is 0 Å². The van der Waals surface area contributed by atoms with E-state index in [-0.39, 0.29) is 17.8 Å². The lowest BCUT2D eigenvalue weighted by atomic mass is 10.0. The Morgan fingerprint density at radius 3 is 2.25 bits per heavy atom. The number of halogens is 1. The molecule has 2 atom stereocenters. The van der Waals surface area contributed by atoms with E-state index in [2.05, 4.69) is 5.32 Å². The van der Waals surface area contributed by atoms with E-state index in [1.165, 1.54) is 12.1 Å². The molecule has 0 radical (unpaired) electrons. The molecule has 130 valence electrons. The number of piperidine rings is 1. The van der Waals surface area contributed by atoms with E-state index in [0.29, 0.717) is 13.1 Å². The predicted octanol–water partition coefficient (Wildman–Crippen LogP) is 2.59. The summed E-state index contributed by atoms with van der Waals surface area (Å²) in [5.41, 5.74) is 0.419. The molecule has 1 heterocycles. The van der Waals surface area contributed by atoms with E-state index < -0.39 is 23.2 Å². The minimum atomic E-state index is -0.883. The summed E-state index contributed by atoms with van der Waals surface area (Å²) in [7, 11) is 0. The molecule has 1 saturated carbocycles. The van der Waals surface area contributed by atoms with Crippen LogP contribution in [0.15, 0.2) is 24.3 Å². The van der Waals surface area contributed by atoms with Gasteiger partial charge in [0.15, 0.2) is 0 Å². The smallest absolute Gasteiger partial charge is 0.307 e. The maximum atomic E-state index is 12.9. The van der Waals surface area contributed by atoms with Crippen molar-refractivity contribution < 1.29 is 19.1 Å². The molecule has 2 aliphatic rings. The zero-order chi connectivity index (χ0) is 17.5. The fourth-order valence-corrected chi connectivity index (χ4v) is 3.78. The van der Waals surface area contributed by atoms with Crippen molar-refractivity contribution in [3.8, 4) is 0 Å². The first-order chi connectivity index (χ1) is 11.3. The van der Waals surface area contributed by atoms with E-state index in [1.807, 2.05) is 13.8 Å². The number of hydrogen-bond acceptors (Lipinski definition) is 3. The second-order valence-electron chi connectivity index (χ2n) is 7.37. The fraction of sp³-hybridized carbons (Fsp3) is 0.556. The van der Waals surface area contributed by atoms with E-state index in [9.17, 15) is 19.1 Å². The Morgan fingerprint density at radius 2 is 1.75 bits per heavy atom. The van der Waals surface area contributed by atoms with Crippen LogP contribution in [0.5, 0.6) is 0 Å². The largest absolute Gasteiger partial charge is 0.481 e. The molecule has 2 fully saturated rings. The lowest BCUT2D eigenvalue weighted by Crippen LogP contribution is -2.43. The Morgan fingerprint density at radius 1 is 1.17 bits per heavy atom. The molecule has 1 aromatic carbocycles. The summed E-state index contributed by atoms with van der Waals surface area (Å²) in [5.74, 6) is -2.16. The average molecular weight is 334 g/mol. The van der Waals surface area contributed by atoms with Crippen molar-refractivity contribution in [2.75, 3.05) is 18.4 Å². The van der Waals surface area contributed by atoms with E-state index in [1.54, 1.807) is 17.0 Å². The molecule has 2 N–H and O–H groups in total. The SMILES string of the molecule is CC1(C)[C@H](C(=O)O)[C@@H]1C(=O)N1CCC(Nc2ccc(F)cc2)CC1. The monoisotopic (exact) mass is 334 g/mol. The van der Waals surface area contributed by atoms with Gasteiger partial charge in [0.05, 0.1) is 11.8 Å². The van der Waals surface area contributed by atoms with Gasteiger partial charge >= 0.3 is 5.97 Å². The van der Waals surface area contributed by atoms with Gasteiger partial charge in [-0.1, -0.05) is 13.8 Å². The third-order valence-electron chi connectivity index (χ3n) is 5.38. The number of amides is 1. The molecular weight excluding hydrogens is 311 g/mol. The molecule has 1 aliphatic heterocycles. The minimum Gasteiger partial charge on any atom is -0.481 e. The van der Waals surface area contributed by atoms with Gasteiger partial charge in [-0.2, -0.15) is 0 Å². The molecule has 0 unspecified atom stereocenters. The van der Waals surface area contributed by atoms with Crippen LogP contribution >= 0.6 is 0 Å². The van der Waals surface area contributed by atoms with E-state index >= 15 is 0 Å². The lowest BCUT2D eigenvalue weighted by molar-refractivity contribution is -0.142. The zero-order valence-corrected chi connectivity index (χ0v) is 14.0. The Bertz CT molecular complexity index is 636. The summed E-state index contributed by atoms with van der Waals surface area (Å²) in [6, 6.07) is 6.49. The van der Waals surface area contributed by atoms with Crippen molar-refractivity contribution in [1.82, 2.24) is 4.90 Å². The summed E-state index contributed by atoms with van der Waals surface area (Å²) in [5, 5.41) is 12.6. The zero-order valence-electron chi connectivity index (χ0n) is 14.0. The Balaban J connectivity index is 1.53. The topological polar surface area (TPSA) is 69.6 Å². The van der Waals surface area contributed by atoms with Crippen molar-refractivity contribution in [1.29, 1.82) is 0 Å². The summed E-state index contributed by atoms with van der Waals surface area (Å²) >= 11 is 0. The van der Waals surface area contributed by atoms with Gasteiger partial charge in [0.25, 0.3) is 0 Å². The number of carboxylic acid groups (broad SMARTS) is 1. The highest BCUT2D eigenvalue weighted by atomic mass is 19.1. The van der Waals surface area contributed by atoms with Crippen LogP contribution in [0, 0.1) is 23.1 Å². The lowest BCUT2D eigenvalue weighted by Gasteiger charge is -2.33. The summed E-state index contributed by atoms with van der Waals surface area (Å²) < 4.78 is 12.9. The van der Waals surface area contributed by atoms with Gasteiger partial charge < -0.3 is 15.3 Å². The number of carbonyl (C=O) groups is 2. The van der Waals surface area contributed by atoms with Crippen LogP contribution in [-0.4, -0.2) is 41.0 Å². The first-order valence-electron chi connectivity index (χ1n) is 8.34. The third-order valence-corrected chi connectivity index (χ3v) is 5.38. The highest BCUT2D eigenvalue weighted by molar-refractivity contribution is 5.91. The molecule has 0 bridgehead atoms. The van der Waals surface area contributed by atoms with Crippen LogP contribution in [0.3, 0.4) is 0 Å². The highest BCUT2D eigenvalue weighted by Gasteiger charge is 2.66. The standard InChI is InChI=1S/C18H23FN2O3/c1-18(2)14(15(18)17(23)24)16(22)21-9-7-13(8-10-21)20-12-5-3-11(19)4-6-12/h3-6,13-15,20H,7-10H2,1-2H3,(H,23,24)/t14-,15+/m1/s1. The van der Waals surface area contributed by atoms with Gasteiger partial charge in [-0.3, -0.25) is 9.59 Å². The number of carbonyl (C=O) groups excluding carboxylic acids is 1. The maximum Gasteiger partial charge on any atom is 0.307 e. The number of carboxylic acids is 1. The molecule has 1 aliphatic carbocycles. The van der Waals surface area contributed by atoms with Crippen LogP contribution in [0.4, 0.5) is 10.1 Å². The van der Waals surface area contributed by atoms with Gasteiger partial charge in [-0.25, -0.2) is 4.39 Å². The molecule has 0 aromatic heterocycles. The number of benzene rings is 1. The third kappa shape index (κ3) is 3.09. The summed E-state index contributed by atoms with van der Waals surface area (Å²) in [4.78, 5) is 25.6. The van der Waals surface area contributed by atoms with Crippen LogP contribution in [-0.2, 0) is 9.59 Å². The Kier molecular flexibility index (Phi) is 4.24. The molecule has 24 heavy (non-hydrogen) atoms. The van der Waals surface area contributed by atoms with Crippen molar-refractivity contribution >= 4 is 17.6 Å². The molecule has 6 heteroatoms. The van der Waals surface area contributed by atoms with Crippen LogP contribution < -0.4 is 5.32 Å². The quantitative estimate of drug-likeness (QED) is 0.888. The Hall–Kier alpha value is -2.11. The van der Waals surface area contributed by atoms with Gasteiger partial charge in [-0.05, 0) is 42.5 Å². The number of likely N-dealkylation sites (tertiary alicyclic amines) is 1. The van der Waals surface area contributed by atoms with Crippen molar-refractivity contribution in [3.05, 3.63) is 30.1 Å². The first kappa shape index (κ1) is 16.7. The van der Waals surface area contributed by atoms with Crippen LogP contribution in [0.2, 0.25) is 0 Å². The molecule has 3 rings (SSSR count). The number of nitrogens with one attached hydrogen (secondary N) is 1. The minimum absolute atomic E-state index is 0.0346.